The van der Waals surface area contributed by atoms with Gasteiger partial charge in [0.15, 0.2) is 0 Å². The molecule has 1 atom stereocenters. The van der Waals surface area contributed by atoms with Crippen molar-refractivity contribution < 1.29 is 10.2 Å². The zero-order valence-electron chi connectivity index (χ0n) is 9.98. The molecule has 0 aliphatic heterocycles. The van der Waals surface area contributed by atoms with Crippen molar-refractivity contribution in [3.05, 3.63) is 35.4 Å². The third-order valence-corrected chi connectivity index (χ3v) is 2.77. The summed E-state index contributed by atoms with van der Waals surface area (Å²) in [5.41, 5.74) is 2.43. The van der Waals surface area contributed by atoms with E-state index in [4.69, 9.17) is 10.2 Å². The minimum atomic E-state index is -0.244. The highest BCUT2D eigenvalue weighted by Crippen LogP contribution is 2.17. The Labute approximate surface area is 97.1 Å². The maximum absolute atomic E-state index is 9.04. The van der Waals surface area contributed by atoms with Crippen molar-refractivity contribution in [3.8, 4) is 0 Å². The Kier molecular flexibility index (Phi) is 5.46. The van der Waals surface area contributed by atoms with Crippen molar-refractivity contribution in [2.45, 2.75) is 32.4 Å². The first-order valence-corrected chi connectivity index (χ1v) is 5.75. The van der Waals surface area contributed by atoms with Crippen molar-refractivity contribution in [3.63, 3.8) is 0 Å². The fraction of sp³-hybridized carbons (Fsp3) is 0.538. The van der Waals surface area contributed by atoms with Crippen LogP contribution in [0.5, 0.6) is 0 Å². The molecule has 0 saturated heterocycles. The van der Waals surface area contributed by atoms with Gasteiger partial charge in [0.1, 0.15) is 0 Å². The quantitative estimate of drug-likeness (QED) is 0.683. The largest absolute Gasteiger partial charge is 0.395 e. The van der Waals surface area contributed by atoms with Gasteiger partial charge in [-0.05, 0) is 18.9 Å². The minimum absolute atomic E-state index is 0.0428. The van der Waals surface area contributed by atoms with Crippen LogP contribution < -0.4 is 5.32 Å². The number of aryl methyl sites for hydroxylation is 1. The molecule has 0 saturated carbocycles. The molecule has 0 amide bonds. The van der Waals surface area contributed by atoms with E-state index in [-0.39, 0.29) is 25.3 Å². The second kappa shape index (κ2) is 6.63. The lowest BCUT2D eigenvalue weighted by atomic mass is 10.0. The van der Waals surface area contributed by atoms with Gasteiger partial charge in [0.05, 0.1) is 19.3 Å². The van der Waals surface area contributed by atoms with Gasteiger partial charge in [-0.25, -0.2) is 0 Å². The summed E-state index contributed by atoms with van der Waals surface area (Å²) in [6, 6.07) is 8.26. The van der Waals surface area contributed by atoms with Crippen molar-refractivity contribution in [2.75, 3.05) is 13.2 Å². The first-order valence-electron chi connectivity index (χ1n) is 5.75. The van der Waals surface area contributed by atoms with E-state index in [1.807, 2.05) is 0 Å². The predicted octanol–water partition coefficient (Wildman–Crippen LogP) is 1.39. The first-order chi connectivity index (χ1) is 7.71. The van der Waals surface area contributed by atoms with Crippen molar-refractivity contribution in [1.82, 2.24) is 5.32 Å². The van der Waals surface area contributed by atoms with Crippen LogP contribution in [-0.2, 0) is 0 Å². The van der Waals surface area contributed by atoms with Crippen LogP contribution in [0.3, 0.4) is 0 Å². The molecular weight excluding hydrogens is 202 g/mol. The molecule has 1 aromatic carbocycles. The summed E-state index contributed by atoms with van der Waals surface area (Å²) in [7, 11) is 0. The SMILES string of the molecule is CCC(NC(CO)CO)c1ccc(C)cc1. The molecule has 0 heterocycles. The van der Waals surface area contributed by atoms with Gasteiger partial charge in [-0.1, -0.05) is 36.8 Å². The molecule has 3 N–H and O–H groups in total. The lowest BCUT2D eigenvalue weighted by Crippen LogP contribution is -2.38. The third kappa shape index (κ3) is 3.59. The summed E-state index contributed by atoms with van der Waals surface area (Å²) in [5, 5.41) is 21.3. The smallest absolute Gasteiger partial charge is 0.0607 e. The summed E-state index contributed by atoms with van der Waals surface area (Å²) < 4.78 is 0. The van der Waals surface area contributed by atoms with Gasteiger partial charge in [-0.15, -0.1) is 0 Å². The molecule has 3 nitrogen and oxygen atoms in total. The average molecular weight is 223 g/mol. The molecule has 0 aliphatic carbocycles. The molecule has 0 radical (unpaired) electrons. The van der Waals surface area contributed by atoms with Gasteiger partial charge >= 0.3 is 0 Å². The van der Waals surface area contributed by atoms with E-state index in [1.165, 1.54) is 11.1 Å². The molecule has 90 valence electrons. The monoisotopic (exact) mass is 223 g/mol. The van der Waals surface area contributed by atoms with E-state index < -0.39 is 0 Å². The number of aliphatic hydroxyl groups is 2. The molecule has 0 spiro atoms. The number of hydrogen-bond acceptors (Lipinski definition) is 3. The van der Waals surface area contributed by atoms with Gasteiger partial charge in [-0.2, -0.15) is 0 Å². The van der Waals surface area contributed by atoms with Gasteiger partial charge in [0.25, 0.3) is 0 Å². The lowest BCUT2D eigenvalue weighted by molar-refractivity contribution is 0.161. The second-order valence-corrected chi connectivity index (χ2v) is 4.10. The zero-order valence-corrected chi connectivity index (χ0v) is 9.98. The van der Waals surface area contributed by atoms with Crippen LogP contribution in [-0.4, -0.2) is 29.5 Å². The Hall–Kier alpha value is -0.900. The van der Waals surface area contributed by atoms with E-state index >= 15 is 0 Å². The number of benzene rings is 1. The van der Waals surface area contributed by atoms with Crippen molar-refractivity contribution >= 4 is 0 Å². The van der Waals surface area contributed by atoms with Gasteiger partial charge in [0, 0.05) is 6.04 Å². The lowest BCUT2D eigenvalue weighted by Gasteiger charge is -2.22. The fourth-order valence-electron chi connectivity index (χ4n) is 1.70. The summed E-state index contributed by atoms with van der Waals surface area (Å²) in [5.74, 6) is 0. The van der Waals surface area contributed by atoms with Crippen LogP contribution in [0.15, 0.2) is 24.3 Å². The maximum atomic E-state index is 9.04. The fourth-order valence-corrected chi connectivity index (χ4v) is 1.70. The molecular formula is C13H21NO2. The highest BCUT2D eigenvalue weighted by molar-refractivity contribution is 5.24. The Morgan fingerprint density at radius 3 is 2.12 bits per heavy atom. The van der Waals surface area contributed by atoms with Gasteiger partial charge in [0.2, 0.25) is 0 Å². The van der Waals surface area contributed by atoms with E-state index in [0.29, 0.717) is 0 Å². The number of hydrogen-bond donors (Lipinski definition) is 3. The molecule has 1 aromatic rings. The molecule has 0 aliphatic rings. The average Bonchev–Trinajstić information content (AvgIpc) is 2.32. The van der Waals surface area contributed by atoms with Crippen LogP contribution >= 0.6 is 0 Å². The Balaban J connectivity index is 2.70. The highest BCUT2D eigenvalue weighted by atomic mass is 16.3. The molecule has 16 heavy (non-hydrogen) atoms. The zero-order chi connectivity index (χ0) is 12.0. The topological polar surface area (TPSA) is 52.5 Å². The molecule has 1 unspecified atom stereocenters. The molecule has 0 fully saturated rings. The van der Waals surface area contributed by atoms with Crippen LogP contribution in [0.25, 0.3) is 0 Å². The Morgan fingerprint density at radius 2 is 1.69 bits per heavy atom. The van der Waals surface area contributed by atoms with Crippen molar-refractivity contribution in [2.24, 2.45) is 0 Å². The number of aliphatic hydroxyl groups excluding tert-OH is 2. The predicted molar refractivity (Wildman–Crippen MR) is 65.3 cm³/mol. The molecule has 1 rings (SSSR count). The van der Waals surface area contributed by atoms with Gasteiger partial charge < -0.3 is 15.5 Å². The first kappa shape index (κ1) is 13.2. The van der Waals surface area contributed by atoms with E-state index in [0.717, 1.165) is 6.42 Å². The van der Waals surface area contributed by atoms with Crippen molar-refractivity contribution in [1.29, 1.82) is 0 Å². The Morgan fingerprint density at radius 1 is 1.12 bits per heavy atom. The van der Waals surface area contributed by atoms with E-state index in [9.17, 15) is 0 Å². The molecule has 0 bridgehead atoms. The summed E-state index contributed by atoms with van der Waals surface area (Å²) in [6.07, 6.45) is 0.930. The normalized spacial score (nSPS) is 13.1. The van der Waals surface area contributed by atoms with Crippen LogP contribution in [0.2, 0.25) is 0 Å². The van der Waals surface area contributed by atoms with Gasteiger partial charge in [-0.3, -0.25) is 0 Å². The Bertz CT molecular complexity index is 293. The number of rotatable bonds is 6. The summed E-state index contributed by atoms with van der Waals surface area (Å²) >= 11 is 0. The van der Waals surface area contributed by atoms with Crippen LogP contribution in [0, 0.1) is 6.92 Å². The third-order valence-electron chi connectivity index (χ3n) is 2.77. The molecule has 0 aromatic heterocycles. The van der Waals surface area contributed by atoms with E-state index in [2.05, 4.69) is 43.4 Å². The van der Waals surface area contributed by atoms with E-state index in [1.54, 1.807) is 0 Å². The van der Waals surface area contributed by atoms with Crippen LogP contribution in [0.4, 0.5) is 0 Å². The summed E-state index contributed by atoms with van der Waals surface area (Å²) in [4.78, 5) is 0. The second-order valence-electron chi connectivity index (χ2n) is 4.10. The van der Waals surface area contributed by atoms with Crippen LogP contribution in [0.1, 0.15) is 30.5 Å². The minimum Gasteiger partial charge on any atom is -0.395 e. The standard InChI is InChI=1S/C13H21NO2/c1-3-13(14-12(8-15)9-16)11-6-4-10(2)5-7-11/h4-7,12-16H,3,8-9H2,1-2H3. The maximum Gasteiger partial charge on any atom is 0.0607 e. The summed E-state index contributed by atoms with van der Waals surface area (Å²) in [6.45, 7) is 4.06. The highest BCUT2D eigenvalue weighted by Gasteiger charge is 2.13. The number of nitrogens with one attached hydrogen (secondary N) is 1. The molecule has 3 heteroatoms.